The summed E-state index contributed by atoms with van der Waals surface area (Å²) in [5, 5.41) is 3.45. The van der Waals surface area contributed by atoms with Crippen LogP contribution in [0.25, 0.3) is 0 Å². The van der Waals surface area contributed by atoms with Crippen LogP contribution in [0.1, 0.15) is 52.0 Å². The average Bonchev–Trinajstić information content (AvgIpc) is 2.90. The maximum Gasteiger partial charge on any atom is 0.000818 e. The van der Waals surface area contributed by atoms with Gasteiger partial charge in [0.1, 0.15) is 0 Å². The second-order valence-electron chi connectivity index (χ2n) is 5.37. The average molecular weight is 247 g/mol. The molecular formula is C17H29N. The van der Waals surface area contributed by atoms with Gasteiger partial charge in [-0.3, -0.25) is 0 Å². The van der Waals surface area contributed by atoms with E-state index in [1.807, 2.05) is 6.07 Å². The van der Waals surface area contributed by atoms with E-state index in [0.717, 1.165) is 6.42 Å². The van der Waals surface area contributed by atoms with Gasteiger partial charge in [0.05, 0.1) is 0 Å². The Morgan fingerprint density at radius 3 is 2.22 bits per heavy atom. The van der Waals surface area contributed by atoms with Crippen LogP contribution in [0.4, 0.5) is 0 Å². The number of hydrogen-bond donors (Lipinski definition) is 1. The van der Waals surface area contributed by atoms with Crippen molar-refractivity contribution in [1.29, 1.82) is 0 Å². The van der Waals surface area contributed by atoms with Crippen molar-refractivity contribution in [2.75, 3.05) is 13.1 Å². The Balaban J connectivity index is 0.000000184. The maximum absolute atomic E-state index is 3.45. The first-order valence-electron chi connectivity index (χ1n) is 7.51. The van der Waals surface area contributed by atoms with E-state index >= 15 is 0 Å². The molecule has 1 fully saturated rings. The molecule has 0 aliphatic carbocycles. The largest absolute Gasteiger partial charge is 0.316 e. The Hall–Kier alpha value is -0.820. The van der Waals surface area contributed by atoms with Crippen molar-refractivity contribution in [3.8, 4) is 0 Å². The van der Waals surface area contributed by atoms with Gasteiger partial charge in [-0.15, -0.1) is 0 Å². The van der Waals surface area contributed by atoms with Gasteiger partial charge < -0.3 is 5.32 Å². The lowest BCUT2D eigenvalue weighted by molar-refractivity contribution is 0.281. The first-order valence-corrected chi connectivity index (χ1v) is 7.51. The molecule has 1 nitrogen and oxygen atoms in total. The van der Waals surface area contributed by atoms with Crippen LogP contribution < -0.4 is 5.32 Å². The summed E-state index contributed by atoms with van der Waals surface area (Å²) in [4.78, 5) is 0. The molecule has 1 N–H and O–H groups in total. The minimum atomic E-state index is 0.675. The number of nitrogens with one attached hydrogen (secondary N) is 1. The molecule has 0 spiro atoms. The predicted octanol–water partition coefficient (Wildman–Crippen LogP) is 4.43. The van der Waals surface area contributed by atoms with E-state index in [-0.39, 0.29) is 0 Å². The highest BCUT2D eigenvalue weighted by Gasteiger charge is 2.30. The van der Waals surface area contributed by atoms with Crippen LogP contribution in [0.3, 0.4) is 0 Å². The molecule has 1 heterocycles. The molecule has 102 valence electrons. The van der Waals surface area contributed by atoms with Crippen molar-refractivity contribution < 1.29 is 0 Å². The minimum Gasteiger partial charge on any atom is -0.316 e. The van der Waals surface area contributed by atoms with Crippen LogP contribution in [0.15, 0.2) is 30.3 Å². The molecule has 1 saturated heterocycles. The number of benzene rings is 1. The molecule has 1 atom stereocenters. The topological polar surface area (TPSA) is 12.0 Å². The fourth-order valence-electron chi connectivity index (χ4n) is 2.73. The third kappa shape index (κ3) is 4.81. The SMILES string of the molecule is CCCC1(CC)CCNC1.CCc1ccccc1. The molecule has 0 saturated carbocycles. The highest BCUT2D eigenvalue weighted by molar-refractivity contribution is 5.13. The van der Waals surface area contributed by atoms with E-state index in [4.69, 9.17) is 0 Å². The second kappa shape index (κ2) is 8.31. The van der Waals surface area contributed by atoms with Gasteiger partial charge in [0.25, 0.3) is 0 Å². The summed E-state index contributed by atoms with van der Waals surface area (Å²) in [5.41, 5.74) is 2.09. The summed E-state index contributed by atoms with van der Waals surface area (Å²) in [6.45, 7) is 9.28. The zero-order valence-corrected chi connectivity index (χ0v) is 12.3. The fourth-order valence-corrected chi connectivity index (χ4v) is 2.73. The van der Waals surface area contributed by atoms with Crippen LogP contribution in [-0.4, -0.2) is 13.1 Å². The zero-order chi connectivity index (χ0) is 13.3. The van der Waals surface area contributed by atoms with Gasteiger partial charge in [0, 0.05) is 6.54 Å². The third-order valence-electron chi connectivity index (χ3n) is 4.11. The highest BCUT2D eigenvalue weighted by atomic mass is 14.9. The lowest BCUT2D eigenvalue weighted by Crippen LogP contribution is -2.22. The normalized spacial score (nSPS) is 22.4. The van der Waals surface area contributed by atoms with Crippen molar-refractivity contribution in [2.24, 2.45) is 5.41 Å². The molecule has 18 heavy (non-hydrogen) atoms. The summed E-state index contributed by atoms with van der Waals surface area (Å²) < 4.78 is 0. The van der Waals surface area contributed by atoms with E-state index in [1.54, 1.807) is 0 Å². The molecule has 1 unspecified atom stereocenters. The van der Waals surface area contributed by atoms with Gasteiger partial charge in [0.2, 0.25) is 0 Å². The van der Waals surface area contributed by atoms with Gasteiger partial charge >= 0.3 is 0 Å². The number of rotatable bonds is 4. The van der Waals surface area contributed by atoms with E-state index in [1.165, 1.54) is 44.3 Å². The molecule has 2 rings (SSSR count). The quantitative estimate of drug-likeness (QED) is 0.830. The molecule has 0 bridgehead atoms. The molecule has 1 aliphatic heterocycles. The van der Waals surface area contributed by atoms with Gasteiger partial charge in [-0.05, 0) is 43.2 Å². The molecule has 0 aromatic heterocycles. The maximum atomic E-state index is 3.45. The van der Waals surface area contributed by atoms with Crippen LogP contribution in [0, 0.1) is 5.41 Å². The second-order valence-corrected chi connectivity index (χ2v) is 5.37. The molecule has 1 aliphatic rings. The summed E-state index contributed by atoms with van der Waals surface area (Å²) >= 11 is 0. The zero-order valence-electron chi connectivity index (χ0n) is 12.3. The summed E-state index contributed by atoms with van der Waals surface area (Å²) in [6, 6.07) is 10.5. The lowest BCUT2D eigenvalue weighted by Gasteiger charge is -2.25. The summed E-state index contributed by atoms with van der Waals surface area (Å²) in [6.07, 6.45) is 6.65. The highest BCUT2D eigenvalue weighted by Crippen LogP contribution is 2.33. The van der Waals surface area contributed by atoms with Gasteiger partial charge in [-0.2, -0.15) is 0 Å². The smallest absolute Gasteiger partial charge is 0.000818 e. The third-order valence-corrected chi connectivity index (χ3v) is 4.11. The van der Waals surface area contributed by atoms with E-state index in [9.17, 15) is 0 Å². The first kappa shape index (κ1) is 15.2. The van der Waals surface area contributed by atoms with Crippen LogP contribution in [0.2, 0.25) is 0 Å². The summed E-state index contributed by atoms with van der Waals surface area (Å²) in [7, 11) is 0. The van der Waals surface area contributed by atoms with Gasteiger partial charge in [-0.1, -0.05) is 57.5 Å². The molecule has 0 amide bonds. The van der Waals surface area contributed by atoms with Crippen molar-refractivity contribution in [3.63, 3.8) is 0 Å². The monoisotopic (exact) mass is 247 g/mol. The van der Waals surface area contributed by atoms with Gasteiger partial charge in [-0.25, -0.2) is 0 Å². The van der Waals surface area contributed by atoms with Crippen LogP contribution in [0.5, 0.6) is 0 Å². The molecule has 1 heteroatoms. The van der Waals surface area contributed by atoms with Crippen LogP contribution >= 0.6 is 0 Å². The minimum absolute atomic E-state index is 0.675. The first-order chi connectivity index (χ1) is 8.76. The van der Waals surface area contributed by atoms with E-state index in [0.29, 0.717) is 5.41 Å². The fraction of sp³-hybridized carbons (Fsp3) is 0.647. The Morgan fingerprint density at radius 2 is 1.83 bits per heavy atom. The summed E-state index contributed by atoms with van der Waals surface area (Å²) in [5.74, 6) is 0. The van der Waals surface area contributed by atoms with Crippen LogP contribution in [-0.2, 0) is 6.42 Å². The van der Waals surface area contributed by atoms with Crippen molar-refractivity contribution in [3.05, 3.63) is 35.9 Å². The van der Waals surface area contributed by atoms with Crippen molar-refractivity contribution in [2.45, 2.75) is 52.9 Å². The number of aryl methyl sites for hydroxylation is 1. The Kier molecular flexibility index (Phi) is 7.04. The molecule has 0 radical (unpaired) electrons. The molecule has 1 aromatic carbocycles. The number of hydrogen-bond acceptors (Lipinski definition) is 1. The van der Waals surface area contributed by atoms with E-state index < -0.39 is 0 Å². The Morgan fingerprint density at radius 1 is 1.11 bits per heavy atom. The molecular weight excluding hydrogens is 218 g/mol. The van der Waals surface area contributed by atoms with Crippen molar-refractivity contribution in [1.82, 2.24) is 5.32 Å². The van der Waals surface area contributed by atoms with Gasteiger partial charge in [0.15, 0.2) is 0 Å². The van der Waals surface area contributed by atoms with E-state index in [2.05, 4.69) is 50.4 Å². The Bertz CT molecular complexity index is 299. The lowest BCUT2D eigenvalue weighted by atomic mass is 9.80. The predicted molar refractivity (Wildman–Crippen MR) is 80.9 cm³/mol. The standard InChI is InChI=1S/C9H19N.C8H10/c1-3-5-9(4-2)6-7-10-8-9;1-2-8-6-4-3-5-7-8/h10H,3-8H2,1-2H3;3-7H,2H2,1H3. The molecule has 1 aromatic rings. The Labute approximate surface area is 113 Å². The van der Waals surface area contributed by atoms with Crippen molar-refractivity contribution >= 4 is 0 Å².